The minimum atomic E-state index is -0.108. The minimum Gasteiger partial charge on any atom is -0.315 e. The molecule has 110 valence electrons. The second kappa shape index (κ2) is 6.60. The Kier molecular flexibility index (Phi) is 4.84. The molecule has 0 aliphatic carbocycles. The van der Waals surface area contributed by atoms with Crippen molar-refractivity contribution in [3.05, 3.63) is 16.6 Å². The van der Waals surface area contributed by atoms with Gasteiger partial charge in [0.2, 0.25) is 0 Å². The maximum absolute atomic E-state index is 12.2. The summed E-state index contributed by atoms with van der Waals surface area (Å²) < 4.78 is 2.99. The van der Waals surface area contributed by atoms with E-state index in [2.05, 4.69) is 34.6 Å². The third kappa shape index (κ3) is 3.22. The molecule has 0 saturated heterocycles. The number of rotatable bonds is 7. The van der Waals surface area contributed by atoms with E-state index in [0.29, 0.717) is 23.6 Å². The van der Waals surface area contributed by atoms with E-state index in [0.717, 1.165) is 25.8 Å². The number of fused-ring (bicyclic) bond motifs is 1. The molecule has 0 bridgehead atoms. The van der Waals surface area contributed by atoms with Crippen molar-refractivity contribution in [3.8, 4) is 0 Å². The predicted molar refractivity (Wildman–Crippen MR) is 77.6 cm³/mol. The maximum Gasteiger partial charge on any atom is 0.280 e. The van der Waals surface area contributed by atoms with Gasteiger partial charge in [0, 0.05) is 19.6 Å². The van der Waals surface area contributed by atoms with E-state index < -0.39 is 0 Å². The SMILES string of the molecule is CCNC(C)CCCCn1nnc2c(cnn2C)c1=O. The van der Waals surface area contributed by atoms with Crippen LogP contribution in [0.25, 0.3) is 11.0 Å². The third-order valence-corrected chi connectivity index (χ3v) is 3.43. The van der Waals surface area contributed by atoms with Crippen LogP contribution in [0.4, 0.5) is 0 Å². The maximum atomic E-state index is 12.2. The standard InChI is InChI=1S/C13H22N6O/c1-4-14-10(2)7-5-6-8-19-13(20)11-9-15-18(3)12(11)16-17-19/h9-10,14H,4-8H2,1-3H3. The first-order valence-electron chi connectivity index (χ1n) is 7.12. The fourth-order valence-corrected chi connectivity index (χ4v) is 2.29. The molecular weight excluding hydrogens is 256 g/mol. The first-order chi connectivity index (χ1) is 9.63. The van der Waals surface area contributed by atoms with Crippen LogP contribution in [0.2, 0.25) is 0 Å². The summed E-state index contributed by atoms with van der Waals surface area (Å²) in [4.78, 5) is 12.2. The van der Waals surface area contributed by atoms with Gasteiger partial charge in [0.25, 0.3) is 5.56 Å². The number of aromatic nitrogens is 5. The first-order valence-corrected chi connectivity index (χ1v) is 7.12. The highest BCUT2D eigenvalue weighted by Crippen LogP contribution is 2.04. The van der Waals surface area contributed by atoms with E-state index in [4.69, 9.17) is 0 Å². The van der Waals surface area contributed by atoms with Crippen LogP contribution in [0.15, 0.2) is 11.0 Å². The number of nitrogens with zero attached hydrogens (tertiary/aromatic N) is 5. The summed E-state index contributed by atoms with van der Waals surface area (Å²) in [7, 11) is 1.75. The Labute approximate surface area is 118 Å². The van der Waals surface area contributed by atoms with Gasteiger partial charge in [0.1, 0.15) is 5.39 Å². The summed E-state index contributed by atoms with van der Waals surface area (Å²) in [5.74, 6) is 0. The summed E-state index contributed by atoms with van der Waals surface area (Å²) in [5, 5.41) is 16.0. The van der Waals surface area contributed by atoms with Crippen molar-refractivity contribution in [3.63, 3.8) is 0 Å². The Morgan fingerprint density at radius 2 is 2.20 bits per heavy atom. The molecule has 7 heteroatoms. The summed E-state index contributed by atoms with van der Waals surface area (Å²) >= 11 is 0. The monoisotopic (exact) mass is 278 g/mol. The van der Waals surface area contributed by atoms with E-state index in [1.807, 2.05) is 0 Å². The number of aryl methyl sites for hydroxylation is 2. The lowest BCUT2D eigenvalue weighted by atomic mass is 10.1. The van der Waals surface area contributed by atoms with Crippen molar-refractivity contribution in [2.45, 2.75) is 45.7 Å². The molecule has 1 atom stereocenters. The molecule has 2 heterocycles. The van der Waals surface area contributed by atoms with Crippen LogP contribution in [-0.4, -0.2) is 37.4 Å². The highest BCUT2D eigenvalue weighted by molar-refractivity contribution is 5.72. The summed E-state index contributed by atoms with van der Waals surface area (Å²) in [6.07, 6.45) is 4.64. The van der Waals surface area contributed by atoms with Gasteiger partial charge in [-0.05, 0) is 26.3 Å². The van der Waals surface area contributed by atoms with Crippen molar-refractivity contribution in [2.24, 2.45) is 7.05 Å². The zero-order valence-electron chi connectivity index (χ0n) is 12.3. The molecule has 0 saturated carbocycles. The quantitative estimate of drug-likeness (QED) is 0.754. The first kappa shape index (κ1) is 14.6. The third-order valence-electron chi connectivity index (χ3n) is 3.43. The lowest BCUT2D eigenvalue weighted by molar-refractivity contribution is 0.460. The van der Waals surface area contributed by atoms with Crippen molar-refractivity contribution >= 4 is 11.0 Å². The molecular formula is C13H22N6O. The van der Waals surface area contributed by atoms with Crippen LogP contribution >= 0.6 is 0 Å². The zero-order valence-corrected chi connectivity index (χ0v) is 12.3. The molecule has 1 N–H and O–H groups in total. The highest BCUT2D eigenvalue weighted by Gasteiger charge is 2.09. The fourth-order valence-electron chi connectivity index (χ4n) is 2.29. The average molecular weight is 278 g/mol. The van der Waals surface area contributed by atoms with Gasteiger partial charge in [-0.1, -0.05) is 18.6 Å². The topological polar surface area (TPSA) is 77.6 Å². The van der Waals surface area contributed by atoms with Crippen molar-refractivity contribution in [1.82, 2.24) is 30.1 Å². The molecule has 2 rings (SSSR count). The van der Waals surface area contributed by atoms with E-state index in [1.54, 1.807) is 17.9 Å². The number of nitrogens with one attached hydrogen (secondary N) is 1. The van der Waals surface area contributed by atoms with Crippen LogP contribution in [-0.2, 0) is 13.6 Å². The Bertz CT molecular complexity index is 617. The molecule has 2 aromatic heterocycles. The fraction of sp³-hybridized carbons (Fsp3) is 0.692. The van der Waals surface area contributed by atoms with Gasteiger partial charge >= 0.3 is 0 Å². The largest absolute Gasteiger partial charge is 0.315 e. The van der Waals surface area contributed by atoms with Crippen molar-refractivity contribution < 1.29 is 0 Å². The molecule has 1 unspecified atom stereocenters. The second-order valence-corrected chi connectivity index (χ2v) is 5.08. The van der Waals surface area contributed by atoms with Gasteiger partial charge in [-0.2, -0.15) is 5.10 Å². The van der Waals surface area contributed by atoms with E-state index in [9.17, 15) is 4.79 Å². The summed E-state index contributed by atoms with van der Waals surface area (Å²) in [6, 6.07) is 0.517. The molecule has 0 aliphatic rings. The number of unbranched alkanes of at least 4 members (excludes halogenated alkanes) is 1. The van der Waals surface area contributed by atoms with Crippen molar-refractivity contribution in [1.29, 1.82) is 0 Å². The van der Waals surface area contributed by atoms with Gasteiger partial charge < -0.3 is 5.32 Å². The lowest BCUT2D eigenvalue weighted by Crippen LogP contribution is -2.26. The lowest BCUT2D eigenvalue weighted by Gasteiger charge is -2.11. The second-order valence-electron chi connectivity index (χ2n) is 5.08. The van der Waals surface area contributed by atoms with Gasteiger partial charge in [0.15, 0.2) is 5.65 Å². The van der Waals surface area contributed by atoms with E-state index >= 15 is 0 Å². The minimum absolute atomic E-state index is 0.108. The summed E-state index contributed by atoms with van der Waals surface area (Å²) in [6.45, 7) is 5.88. The Morgan fingerprint density at radius 3 is 2.95 bits per heavy atom. The van der Waals surface area contributed by atoms with Gasteiger partial charge in [0.05, 0.1) is 6.20 Å². The Balaban J connectivity index is 1.94. The number of hydrogen-bond donors (Lipinski definition) is 1. The molecule has 0 radical (unpaired) electrons. The zero-order chi connectivity index (χ0) is 14.5. The smallest absolute Gasteiger partial charge is 0.280 e. The molecule has 0 spiro atoms. The van der Waals surface area contributed by atoms with Gasteiger partial charge in [-0.25, -0.2) is 9.36 Å². The summed E-state index contributed by atoms with van der Waals surface area (Å²) in [5.41, 5.74) is 0.426. The van der Waals surface area contributed by atoms with Crippen LogP contribution in [0.3, 0.4) is 0 Å². The molecule has 0 aromatic carbocycles. The van der Waals surface area contributed by atoms with Crippen LogP contribution in [0.1, 0.15) is 33.1 Å². The Morgan fingerprint density at radius 1 is 1.40 bits per heavy atom. The molecule has 0 amide bonds. The van der Waals surface area contributed by atoms with Crippen LogP contribution in [0, 0.1) is 0 Å². The molecule has 20 heavy (non-hydrogen) atoms. The van der Waals surface area contributed by atoms with Crippen LogP contribution < -0.4 is 10.9 Å². The van der Waals surface area contributed by atoms with Crippen molar-refractivity contribution in [2.75, 3.05) is 6.54 Å². The van der Waals surface area contributed by atoms with E-state index in [1.165, 1.54) is 4.68 Å². The molecule has 2 aromatic rings. The average Bonchev–Trinajstić information content (AvgIpc) is 2.80. The van der Waals surface area contributed by atoms with Gasteiger partial charge in [-0.15, -0.1) is 5.10 Å². The Hall–Kier alpha value is -1.76. The normalized spacial score (nSPS) is 12.9. The highest BCUT2D eigenvalue weighted by atomic mass is 16.1. The molecule has 0 aliphatic heterocycles. The molecule has 7 nitrogen and oxygen atoms in total. The molecule has 0 fully saturated rings. The predicted octanol–water partition coefficient (Wildman–Crippen LogP) is 0.693. The van der Waals surface area contributed by atoms with Gasteiger partial charge in [-0.3, -0.25) is 4.79 Å². The van der Waals surface area contributed by atoms with Crippen LogP contribution in [0.5, 0.6) is 0 Å². The van der Waals surface area contributed by atoms with E-state index in [-0.39, 0.29) is 5.56 Å². The number of hydrogen-bond acceptors (Lipinski definition) is 5.